The van der Waals surface area contributed by atoms with E-state index in [9.17, 15) is 4.79 Å². The summed E-state index contributed by atoms with van der Waals surface area (Å²) < 4.78 is 6.89. The topological polar surface area (TPSA) is 69.0 Å². The molecule has 0 aliphatic carbocycles. The number of thiazole rings is 1. The molecule has 2 aromatic heterocycles. The van der Waals surface area contributed by atoms with Crippen LogP contribution in [0.1, 0.15) is 16.1 Å². The van der Waals surface area contributed by atoms with E-state index in [1.807, 2.05) is 78.2 Å². The molecule has 0 fully saturated rings. The number of fused-ring (bicyclic) bond motifs is 1. The summed E-state index contributed by atoms with van der Waals surface area (Å²) >= 11 is 1.50. The summed E-state index contributed by atoms with van der Waals surface area (Å²) in [4.78, 5) is 18.5. The Morgan fingerprint density at radius 3 is 2.22 bits per heavy atom. The van der Waals surface area contributed by atoms with Gasteiger partial charge in [-0.1, -0.05) is 72.8 Å². The van der Waals surface area contributed by atoms with Gasteiger partial charge in [0.1, 0.15) is 17.3 Å². The van der Waals surface area contributed by atoms with Crippen molar-refractivity contribution in [2.75, 3.05) is 12.4 Å². The number of ether oxygens (including phenoxy) is 1. The molecule has 3 heterocycles. The number of hydrogen-bond donors (Lipinski definition) is 1. The van der Waals surface area contributed by atoms with E-state index in [0.717, 1.165) is 45.1 Å². The maximum Gasteiger partial charge on any atom is 0.280 e. The molecule has 6 rings (SSSR count). The first-order chi connectivity index (χ1) is 17.7. The molecule has 3 aromatic carbocycles. The van der Waals surface area contributed by atoms with Crippen LogP contribution in [0.25, 0.3) is 28.0 Å². The minimum absolute atomic E-state index is 0.182. The molecular formula is C29H22N4O2S. The van der Waals surface area contributed by atoms with Gasteiger partial charge in [0.25, 0.3) is 5.91 Å². The second kappa shape index (κ2) is 9.28. The van der Waals surface area contributed by atoms with Crippen molar-refractivity contribution in [2.45, 2.75) is 6.42 Å². The van der Waals surface area contributed by atoms with Crippen LogP contribution in [0.5, 0.6) is 5.75 Å². The largest absolute Gasteiger partial charge is 0.497 e. The highest BCUT2D eigenvalue weighted by molar-refractivity contribution is 7.07. The summed E-state index contributed by atoms with van der Waals surface area (Å²) in [5.41, 5.74) is 8.50. The smallest absolute Gasteiger partial charge is 0.280 e. The standard InChI is InChI=1S/C29H22N4O2S/c1-35-22-14-12-20(13-15-22)26-23(31-25-17-36-18-30-25)16-24-27(19-8-4-2-5-9-19)28(32-33(24)29(26)34)21-10-6-3-7-11-21/h2-15,17-18,31H,16H2,1H3. The number of carbonyl (C=O) groups excluding carboxylic acids is 1. The van der Waals surface area contributed by atoms with Crippen molar-refractivity contribution < 1.29 is 9.53 Å². The first-order valence-corrected chi connectivity index (χ1v) is 12.5. The Morgan fingerprint density at radius 2 is 1.58 bits per heavy atom. The van der Waals surface area contributed by atoms with Crippen molar-refractivity contribution in [3.8, 4) is 28.1 Å². The van der Waals surface area contributed by atoms with Gasteiger partial charge in [-0.05, 0) is 23.3 Å². The number of rotatable bonds is 6. The van der Waals surface area contributed by atoms with E-state index in [1.54, 1.807) is 17.3 Å². The molecule has 1 N–H and O–H groups in total. The highest BCUT2D eigenvalue weighted by Crippen LogP contribution is 2.40. The van der Waals surface area contributed by atoms with Crippen LogP contribution >= 0.6 is 11.3 Å². The Balaban J connectivity index is 1.56. The van der Waals surface area contributed by atoms with Gasteiger partial charge in [-0.3, -0.25) is 4.79 Å². The summed E-state index contributed by atoms with van der Waals surface area (Å²) in [6.45, 7) is 0. The van der Waals surface area contributed by atoms with Gasteiger partial charge in [0.2, 0.25) is 0 Å². The number of anilines is 1. The lowest BCUT2D eigenvalue weighted by atomic mass is 9.92. The Labute approximate surface area is 212 Å². The molecule has 0 radical (unpaired) electrons. The molecule has 0 amide bonds. The van der Waals surface area contributed by atoms with Crippen LogP contribution in [0.3, 0.4) is 0 Å². The first kappa shape index (κ1) is 22.0. The highest BCUT2D eigenvalue weighted by Gasteiger charge is 2.33. The minimum atomic E-state index is -0.182. The number of carbonyl (C=O) groups is 1. The Bertz CT molecular complexity index is 1560. The van der Waals surface area contributed by atoms with Crippen molar-refractivity contribution in [3.63, 3.8) is 0 Å². The molecule has 176 valence electrons. The summed E-state index contributed by atoms with van der Waals surface area (Å²) in [5, 5.41) is 10.2. The van der Waals surface area contributed by atoms with Crippen molar-refractivity contribution in [2.24, 2.45) is 0 Å². The van der Waals surface area contributed by atoms with E-state index in [4.69, 9.17) is 9.84 Å². The van der Waals surface area contributed by atoms with Gasteiger partial charge in [0, 0.05) is 28.6 Å². The monoisotopic (exact) mass is 490 g/mol. The third-order valence-electron chi connectivity index (χ3n) is 6.23. The third-order valence-corrected chi connectivity index (χ3v) is 6.82. The zero-order valence-corrected chi connectivity index (χ0v) is 20.3. The van der Waals surface area contributed by atoms with Gasteiger partial charge in [0.15, 0.2) is 0 Å². The second-order valence-electron chi connectivity index (χ2n) is 8.38. The van der Waals surface area contributed by atoms with Crippen LogP contribution in [0.15, 0.2) is 102 Å². The normalized spacial score (nSPS) is 13.0. The van der Waals surface area contributed by atoms with Gasteiger partial charge < -0.3 is 10.1 Å². The average molecular weight is 491 g/mol. The van der Waals surface area contributed by atoms with Crippen LogP contribution in [-0.4, -0.2) is 27.8 Å². The maximum absolute atomic E-state index is 14.1. The van der Waals surface area contributed by atoms with Crippen LogP contribution < -0.4 is 10.1 Å². The SMILES string of the molecule is COc1ccc(C2=C(Nc3cscn3)Cc3c(-c4ccccc4)c(-c4ccccc4)nn3C2=O)cc1. The van der Waals surface area contributed by atoms with E-state index in [0.29, 0.717) is 17.8 Å². The number of methoxy groups -OCH3 is 1. The van der Waals surface area contributed by atoms with E-state index in [2.05, 4.69) is 22.4 Å². The minimum Gasteiger partial charge on any atom is -0.497 e. The van der Waals surface area contributed by atoms with Crippen molar-refractivity contribution >= 4 is 28.6 Å². The zero-order chi connectivity index (χ0) is 24.5. The number of hydrogen-bond acceptors (Lipinski definition) is 6. The van der Waals surface area contributed by atoms with E-state index in [1.165, 1.54) is 11.3 Å². The van der Waals surface area contributed by atoms with Crippen LogP contribution in [0.4, 0.5) is 5.82 Å². The molecule has 1 aliphatic rings. The van der Waals surface area contributed by atoms with Crippen LogP contribution in [-0.2, 0) is 6.42 Å². The molecule has 36 heavy (non-hydrogen) atoms. The van der Waals surface area contributed by atoms with Gasteiger partial charge in [-0.25, -0.2) is 4.98 Å². The first-order valence-electron chi connectivity index (χ1n) is 11.5. The summed E-state index contributed by atoms with van der Waals surface area (Å²) in [5.74, 6) is 1.26. The predicted octanol–water partition coefficient (Wildman–Crippen LogP) is 6.40. The van der Waals surface area contributed by atoms with Crippen LogP contribution in [0.2, 0.25) is 0 Å². The zero-order valence-electron chi connectivity index (χ0n) is 19.5. The Hall–Kier alpha value is -4.49. The summed E-state index contributed by atoms with van der Waals surface area (Å²) in [6, 6.07) is 27.7. The number of nitrogens with zero attached hydrogens (tertiary/aromatic N) is 3. The lowest BCUT2D eigenvalue weighted by Crippen LogP contribution is -2.26. The second-order valence-corrected chi connectivity index (χ2v) is 9.10. The fraction of sp³-hybridized carbons (Fsp3) is 0.0690. The lowest BCUT2D eigenvalue weighted by Gasteiger charge is -2.22. The summed E-state index contributed by atoms with van der Waals surface area (Å²) in [7, 11) is 1.63. The predicted molar refractivity (Wildman–Crippen MR) is 143 cm³/mol. The third kappa shape index (κ3) is 3.89. The van der Waals surface area contributed by atoms with E-state index < -0.39 is 0 Å². The molecule has 0 spiro atoms. The Kier molecular flexibility index (Phi) is 5.67. The molecule has 6 nitrogen and oxygen atoms in total. The number of benzene rings is 3. The molecule has 0 bridgehead atoms. The Morgan fingerprint density at radius 1 is 0.889 bits per heavy atom. The van der Waals surface area contributed by atoms with Crippen LogP contribution in [0, 0.1) is 0 Å². The maximum atomic E-state index is 14.1. The number of nitrogens with one attached hydrogen (secondary N) is 1. The average Bonchev–Trinajstić information content (AvgIpc) is 3.58. The van der Waals surface area contributed by atoms with Gasteiger partial charge >= 0.3 is 0 Å². The number of aromatic nitrogens is 3. The van der Waals surface area contributed by atoms with Gasteiger partial charge in [-0.2, -0.15) is 9.78 Å². The van der Waals surface area contributed by atoms with E-state index in [-0.39, 0.29) is 5.91 Å². The fourth-order valence-corrected chi connectivity index (χ4v) is 5.06. The molecule has 0 saturated heterocycles. The molecule has 0 unspecified atom stereocenters. The fourth-order valence-electron chi connectivity index (χ4n) is 4.57. The van der Waals surface area contributed by atoms with Crippen molar-refractivity contribution in [3.05, 3.63) is 113 Å². The highest BCUT2D eigenvalue weighted by atomic mass is 32.1. The van der Waals surface area contributed by atoms with Gasteiger partial charge in [-0.15, -0.1) is 11.3 Å². The summed E-state index contributed by atoms with van der Waals surface area (Å²) in [6.07, 6.45) is 0.495. The number of allylic oxidation sites excluding steroid dienone is 2. The molecule has 0 atom stereocenters. The molecular weight excluding hydrogens is 468 g/mol. The molecule has 1 aliphatic heterocycles. The molecule has 7 heteroatoms. The molecule has 0 saturated carbocycles. The van der Waals surface area contributed by atoms with E-state index >= 15 is 0 Å². The lowest BCUT2D eigenvalue weighted by molar-refractivity contribution is 0.0958. The molecule has 5 aromatic rings. The van der Waals surface area contributed by atoms with Crippen molar-refractivity contribution in [1.82, 2.24) is 14.8 Å². The van der Waals surface area contributed by atoms with Crippen molar-refractivity contribution in [1.29, 1.82) is 0 Å². The quantitative estimate of drug-likeness (QED) is 0.298. The van der Waals surface area contributed by atoms with Gasteiger partial charge in [0.05, 0.1) is 23.9 Å².